The summed E-state index contributed by atoms with van der Waals surface area (Å²) in [5.74, 6) is -1.26. The van der Waals surface area contributed by atoms with Crippen molar-refractivity contribution in [1.82, 2.24) is 15.1 Å². The zero-order chi connectivity index (χ0) is 13.1. The molecule has 2 rings (SSSR count). The van der Waals surface area contributed by atoms with Gasteiger partial charge >= 0.3 is 5.97 Å². The van der Waals surface area contributed by atoms with E-state index in [0.29, 0.717) is 19.5 Å². The third kappa shape index (κ3) is 2.69. The molecule has 0 radical (unpaired) electrons. The van der Waals surface area contributed by atoms with Crippen LogP contribution in [0.25, 0.3) is 0 Å². The van der Waals surface area contributed by atoms with Gasteiger partial charge in [0.15, 0.2) is 0 Å². The number of likely N-dealkylation sites (tertiary alicyclic amines) is 1. The van der Waals surface area contributed by atoms with Gasteiger partial charge < -0.3 is 10.0 Å². The molecule has 1 aromatic rings. The molecule has 1 aromatic heterocycles. The van der Waals surface area contributed by atoms with E-state index in [1.165, 1.54) is 0 Å². The third-order valence-corrected chi connectivity index (χ3v) is 3.40. The number of hydrogen-bond donors (Lipinski definition) is 2. The topological polar surface area (TPSA) is 86.3 Å². The summed E-state index contributed by atoms with van der Waals surface area (Å²) in [6.45, 7) is 2.84. The molecule has 98 valence electrons. The van der Waals surface area contributed by atoms with Gasteiger partial charge in [-0.3, -0.25) is 14.7 Å². The second-order valence-corrected chi connectivity index (χ2v) is 4.71. The van der Waals surface area contributed by atoms with Crippen LogP contribution in [0.2, 0.25) is 0 Å². The van der Waals surface area contributed by atoms with E-state index in [-0.39, 0.29) is 12.3 Å². The Bertz CT molecular complexity index is 455. The number of carboxylic acids is 1. The largest absolute Gasteiger partial charge is 0.481 e. The Morgan fingerprint density at radius 3 is 3.00 bits per heavy atom. The average Bonchev–Trinajstić information content (AvgIpc) is 2.75. The van der Waals surface area contributed by atoms with E-state index < -0.39 is 11.9 Å². The maximum Gasteiger partial charge on any atom is 0.308 e. The molecule has 0 saturated carbocycles. The van der Waals surface area contributed by atoms with Crippen LogP contribution in [0.5, 0.6) is 0 Å². The fourth-order valence-corrected chi connectivity index (χ4v) is 2.23. The van der Waals surface area contributed by atoms with Crippen LogP contribution in [-0.4, -0.2) is 45.2 Å². The lowest BCUT2D eigenvalue weighted by molar-refractivity contribution is -0.145. The number of aliphatic carboxylic acids is 1. The SMILES string of the molecule is Cc1[nH]ncc1CC(=O)N1CCCC(C(=O)O)C1. The summed E-state index contributed by atoms with van der Waals surface area (Å²) in [5.41, 5.74) is 1.76. The first-order chi connectivity index (χ1) is 8.58. The summed E-state index contributed by atoms with van der Waals surface area (Å²) in [6.07, 6.45) is 3.34. The monoisotopic (exact) mass is 251 g/mol. The van der Waals surface area contributed by atoms with Crippen molar-refractivity contribution in [3.05, 3.63) is 17.5 Å². The molecular weight excluding hydrogens is 234 g/mol. The number of nitrogens with zero attached hydrogens (tertiary/aromatic N) is 2. The number of aryl methyl sites for hydroxylation is 1. The zero-order valence-corrected chi connectivity index (χ0v) is 10.3. The highest BCUT2D eigenvalue weighted by molar-refractivity contribution is 5.80. The van der Waals surface area contributed by atoms with E-state index in [9.17, 15) is 9.59 Å². The van der Waals surface area contributed by atoms with Gasteiger partial charge in [0, 0.05) is 24.3 Å². The number of hydrogen-bond acceptors (Lipinski definition) is 3. The van der Waals surface area contributed by atoms with Crippen LogP contribution in [0.15, 0.2) is 6.20 Å². The second-order valence-electron chi connectivity index (χ2n) is 4.71. The standard InChI is InChI=1S/C12H17N3O3/c1-8-10(6-13-14-8)5-11(16)15-4-2-3-9(7-15)12(17)18/h6,9H,2-5,7H2,1H3,(H,13,14)(H,17,18). The van der Waals surface area contributed by atoms with Crippen LogP contribution in [0.3, 0.4) is 0 Å². The van der Waals surface area contributed by atoms with Gasteiger partial charge in [-0.15, -0.1) is 0 Å². The minimum Gasteiger partial charge on any atom is -0.481 e. The number of carbonyl (C=O) groups is 2. The van der Waals surface area contributed by atoms with Crippen LogP contribution >= 0.6 is 0 Å². The number of H-pyrrole nitrogens is 1. The molecule has 0 aromatic carbocycles. The fraction of sp³-hybridized carbons (Fsp3) is 0.583. The molecule has 1 aliphatic rings. The summed E-state index contributed by atoms with van der Waals surface area (Å²) in [4.78, 5) is 24.7. The molecule has 18 heavy (non-hydrogen) atoms. The molecule has 1 atom stereocenters. The number of aromatic nitrogens is 2. The van der Waals surface area contributed by atoms with Gasteiger partial charge in [0.2, 0.25) is 5.91 Å². The number of carboxylic acid groups (broad SMARTS) is 1. The van der Waals surface area contributed by atoms with Gasteiger partial charge in [0.1, 0.15) is 0 Å². The van der Waals surface area contributed by atoms with Gasteiger partial charge in [-0.25, -0.2) is 0 Å². The molecule has 0 spiro atoms. The Kier molecular flexibility index (Phi) is 3.64. The van der Waals surface area contributed by atoms with Crippen molar-refractivity contribution in [3.63, 3.8) is 0 Å². The first kappa shape index (κ1) is 12.6. The predicted molar refractivity (Wildman–Crippen MR) is 64.0 cm³/mol. The average molecular weight is 251 g/mol. The van der Waals surface area contributed by atoms with E-state index in [1.54, 1.807) is 11.1 Å². The predicted octanol–water partition coefficient (Wildman–Crippen LogP) is 0.584. The van der Waals surface area contributed by atoms with Gasteiger partial charge in [-0.05, 0) is 19.8 Å². The van der Waals surface area contributed by atoms with E-state index in [2.05, 4.69) is 10.2 Å². The number of piperidine rings is 1. The van der Waals surface area contributed by atoms with Crippen LogP contribution in [-0.2, 0) is 16.0 Å². The number of rotatable bonds is 3. The minimum atomic E-state index is -0.813. The Labute approximate surface area is 105 Å². The summed E-state index contributed by atoms with van der Waals surface area (Å²) in [6, 6.07) is 0. The molecule has 1 saturated heterocycles. The lowest BCUT2D eigenvalue weighted by Gasteiger charge is -2.30. The molecule has 2 heterocycles. The molecule has 1 unspecified atom stereocenters. The molecule has 1 fully saturated rings. The van der Waals surface area contributed by atoms with E-state index in [0.717, 1.165) is 17.7 Å². The van der Waals surface area contributed by atoms with Gasteiger partial charge in [-0.1, -0.05) is 0 Å². The normalized spacial score (nSPS) is 19.8. The Balaban J connectivity index is 1.97. The maximum absolute atomic E-state index is 12.1. The molecule has 2 N–H and O–H groups in total. The van der Waals surface area contributed by atoms with E-state index >= 15 is 0 Å². The maximum atomic E-state index is 12.1. The number of nitrogens with one attached hydrogen (secondary N) is 1. The molecule has 6 heteroatoms. The zero-order valence-electron chi connectivity index (χ0n) is 10.3. The van der Waals surface area contributed by atoms with Crippen molar-refractivity contribution in [3.8, 4) is 0 Å². The van der Waals surface area contributed by atoms with E-state index in [1.807, 2.05) is 6.92 Å². The number of amides is 1. The van der Waals surface area contributed by atoms with Crippen molar-refractivity contribution in [2.75, 3.05) is 13.1 Å². The Hall–Kier alpha value is -1.85. The van der Waals surface area contributed by atoms with Gasteiger partial charge in [0.05, 0.1) is 18.5 Å². The van der Waals surface area contributed by atoms with Crippen molar-refractivity contribution in [1.29, 1.82) is 0 Å². The molecule has 0 bridgehead atoms. The molecule has 6 nitrogen and oxygen atoms in total. The van der Waals surface area contributed by atoms with Crippen LogP contribution in [0.4, 0.5) is 0 Å². The quantitative estimate of drug-likeness (QED) is 0.823. The fourth-order valence-electron chi connectivity index (χ4n) is 2.23. The molecule has 0 aliphatic carbocycles. The van der Waals surface area contributed by atoms with Crippen molar-refractivity contribution in [2.24, 2.45) is 5.92 Å². The van der Waals surface area contributed by atoms with E-state index in [4.69, 9.17) is 5.11 Å². The highest BCUT2D eigenvalue weighted by Gasteiger charge is 2.28. The van der Waals surface area contributed by atoms with Crippen molar-refractivity contribution >= 4 is 11.9 Å². The first-order valence-corrected chi connectivity index (χ1v) is 6.07. The van der Waals surface area contributed by atoms with Gasteiger partial charge in [0.25, 0.3) is 0 Å². The lowest BCUT2D eigenvalue weighted by atomic mass is 9.98. The van der Waals surface area contributed by atoms with Crippen LogP contribution in [0.1, 0.15) is 24.1 Å². The second kappa shape index (κ2) is 5.20. The summed E-state index contributed by atoms with van der Waals surface area (Å²) < 4.78 is 0. The lowest BCUT2D eigenvalue weighted by Crippen LogP contribution is -2.43. The first-order valence-electron chi connectivity index (χ1n) is 6.07. The smallest absolute Gasteiger partial charge is 0.308 e. The van der Waals surface area contributed by atoms with Crippen LogP contribution in [0, 0.1) is 12.8 Å². The number of carbonyl (C=O) groups excluding carboxylic acids is 1. The van der Waals surface area contributed by atoms with Crippen LogP contribution < -0.4 is 0 Å². The van der Waals surface area contributed by atoms with Gasteiger partial charge in [-0.2, -0.15) is 5.10 Å². The Morgan fingerprint density at radius 2 is 2.39 bits per heavy atom. The highest BCUT2D eigenvalue weighted by Crippen LogP contribution is 2.18. The van der Waals surface area contributed by atoms with Crippen molar-refractivity contribution in [2.45, 2.75) is 26.2 Å². The summed E-state index contributed by atoms with van der Waals surface area (Å²) >= 11 is 0. The minimum absolute atomic E-state index is 0.0227. The molecule has 1 amide bonds. The number of aromatic amines is 1. The molecular formula is C12H17N3O3. The molecule has 1 aliphatic heterocycles. The summed E-state index contributed by atoms with van der Waals surface area (Å²) in [7, 11) is 0. The summed E-state index contributed by atoms with van der Waals surface area (Å²) in [5, 5.41) is 15.6. The van der Waals surface area contributed by atoms with Crippen molar-refractivity contribution < 1.29 is 14.7 Å². The third-order valence-electron chi connectivity index (χ3n) is 3.40. The Morgan fingerprint density at radius 1 is 1.61 bits per heavy atom. The highest BCUT2D eigenvalue weighted by atomic mass is 16.4.